The second-order valence-electron chi connectivity index (χ2n) is 11.0. The van der Waals surface area contributed by atoms with Crippen molar-refractivity contribution >= 4 is 17.7 Å². The Morgan fingerprint density at radius 3 is 0.877 bits per heavy atom. The minimum Gasteiger partial charge on any atom is -0.480 e. The van der Waals surface area contributed by atoms with Crippen LogP contribution in [0.15, 0.2) is 0 Å². The quantitative estimate of drug-likeness (QED) is 0.111. The maximum absolute atomic E-state index is 13.5. The zero-order valence-electron chi connectivity index (χ0n) is 26.2. The molecule has 35 heteroatoms. The normalized spacial score (nSPS) is 16.3. The molecule has 0 amide bonds. The third-order valence-electron chi connectivity index (χ3n) is 6.77. The number of halogens is 27. The third-order valence-corrected chi connectivity index (χ3v) is 7.82. The molecule has 1 atom stereocenters. The van der Waals surface area contributed by atoms with Crippen LogP contribution < -0.4 is 5.73 Å². The van der Waals surface area contributed by atoms with Gasteiger partial charge in [-0.3, -0.25) is 4.79 Å². The van der Waals surface area contributed by atoms with Gasteiger partial charge in [0.25, 0.3) is 0 Å². The average Bonchev–Trinajstić information content (AvgIpc) is 2.88. The summed E-state index contributed by atoms with van der Waals surface area (Å²) in [6, 6.07) is -1.87. The fourth-order valence-electron chi connectivity index (χ4n) is 3.91. The molecule has 0 aromatic rings. The molecule has 0 aliphatic carbocycles. The summed E-state index contributed by atoms with van der Waals surface area (Å²) in [6.45, 7) is -16.6. The first kappa shape index (κ1) is 54.7. The van der Waals surface area contributed by atoms with Crippen molar-refractivity contribution in [3.05, 3.63) is 0 Å². The van der Waals surface area contributed by atoms with Crippen LogP contribution in [0, 0.1) is 5.41 Å². The second-order valence-corrected chi connectivity index (χ2v) is 12.1. The highest BCUT2D eigenvalue weighted by molar-refractivity contribution is 7.99. The van der Waals surface area contributed by atoms with Gasteiger partial charge in [0.15, 0.2) is 0 Å². The van der Waals surface area contributed by atoms with Gasteiger partial charge in [-0.15, -0.1) is 0 Å². The van der Waals surface area contributed by atoms with E-state index in [0.717, 1.165) is 0 Å². The molecule has 0 aromatic heterocycles. The fourth-order valence-corrected chi connectivity index (χ4v) is 4.70. The van der Waals surface area contributed by atoms with Gasteiger partial charge in [0.05, 0.1) is 38.4 Å². The van der Waals surface area contributed by atoms with Crippen molar-refractivity contribution in [3.63, 3.8) is 0 Å². The molecule has 0 bridgehead atoms. The van der Waals surface area contributed by atoms with E-state index in [9.17, 15) is 123 Å². The summed E-state index contributed by atoms with van der Waals surface area (Å²) in [5.74, 6) is -3.63. The van der Waals surface area contributed by atoms with Gasteiger partial charge in [0.1, 0.15) is 6.04 Å². The van der Waals surface area contributed by atoms with Gasteiger partial charge in [-0.1, -0.05) is 0 Å². The molecule has 342 valence electrons. The Morgan fingerprint density at radius 1 is 0.456 bits per heavy atom. The predicted molar refractivity (Wildman–Crippen MR) is 127 cm³/mol. The topological polar surface area (TPSA) is 100 Å². The van der Waals surface area contributed by atoms with Gasteiger partial charge in [-0.05, 0) is 0 Å². The Kier molecular flexibility index (Phi) is 16.3. The number of nitrogens with two attached hydrogens (primary N) is 1. The maximum Gasteiger partial charge on any atom is 0.435 e. The fraction of sp³-hybridized carbons (Fsp3) is 0.955. The van der Waals surface area contributed by atoms with Crippen LogP contribution in [-0.4, -0.2) is 134 Å². The highest BCUT2D eigenvalue weighted by atomic mass is 32.2. The number of carboxylic acids is 1. The van der Waals surface area contributed by atoms with E-state index < -0.39 is 134 Å². The Morgan fingerprint density at radius 2 is 0.684 bits per heavy atom. The van der Waals surface area contributed by atoms with Crippen molar-refractivity contribution in [2.24, 2.45) is 11.1 Å². The molecule has 0 spiro atoms. The van der Waals surface area contributed by atoms with Crippen molar-refractivity contribution in [2.45, 2.75) is 78.4 Å². The summed E-state index contributed by atoms with van der Waals surface area (Å²) in [5, 5.41) is 8.65. The van der Waals surface area contributed by atoms with Crippen molar-refractivity contribution in [2.75, 3.05) is 44.5 Å². The number of carbonyl (C=O) groups is 1. The van der Waals surface area contributed by atoms with Crippen LogP contribution in [-0.2, 0) is 23.7 Å². The van der Waals surface area contributed by atoms with Gasteiger partial charge in [0.2, 0.25) is 0 Å². The van der Waals surface area contributed by atoms with Crippen LogP contribution in [0.2, 0.25) is 0 Å². The number of alkyl halides is 27. The van der Waals surface area contributed by atoms with Crippen molar-refractivity contribution in [1.82, 2.24) is 0 Å². The minimum atomic E-state index is -8.07. The second kappa shape index (κ2) is 17.0. The predicted octanol–water partition coefficient (Wildman–Crippen LogP) is 8.46. The van der Waals surface area contributed by atoms with Gasteiger partial charge in [-0.25, -0.2) is 0 Å². The Hall–Kier alpha value is -2.27. The SMILES string of the molecule is N[C@@H](CSCCOCC(COC(C(F)(F)F)(C(F)(F)F)C(F)(F)F)(COC(C(F)(F)F)(C(F)(F)F)C(F)(F)F)COC(C(F)(F)F)(C(F)(F)F)C(F)(F)F)C(=O)O. The third kappa shape index (κ3) is 11.1. The number of aliphatic carboxylic acids is 1. The lowest BCUT2D eigenvalue weighted by atomic mass is 9.89. The number of hydrogen-bond donors (Lipinski definition) is 2. The zero-order chi connectivity index (χ0) is 46.1. The van der Waals surface area contributed by atoms with Crippen molar-refractivity contribution in [3.8, 4) is 0 Å². The standard InChI is InChI=1S/C22H18F27NO6S/c23-14(24,25)11(15(26,27)28,16(29,30)31)54-5-10(4-53-1-2-57-3-8(50)9(51)52,6-55-12(17(32,33)34,18(35,36)37)19(38,39)40)7-56-13(20(41,42)43,21(44,45)46)22(47,48)49/h8H,1-7,50H2,(H,51,52)/t8-/m0/s1. The largest absolute Gasteiger partial charge is 0.480 e. The van der Waals surface area contributed by atoms with Crippen LogP contribution >= 0.6 is 11.8 Å². The highest BCUT2D eigenvalue weighted by Gasteiger charge is 2.88. The summed E-state index contributed by atoms with van der Waals surface area (Å²) >= 11 is 0.160. The maximum atomic E-state index is 13.5. The van der Waals surface area contributed by atoms with E-state index in [2.05, 4.69) is 18.9 Å². The summed E-state index contributed by atoms with van der Waals surface area (Å²) in [4.78, 5) is 10.7. The molecule has 0 aliphatic heterocycles. The first-order valence-electron chi connectivity index (χ1n) is 13.4. The highest BCUT2D eigenvalue weighted by Crippen LogP contribution is 2.59. The van der Waals surface area contributed by atoms with E-state index in [-0.39, 0.29) is 11.8 Å². The van der Waals surface area contributed by atoms with E-state index in [1.807, 2.05) is 0 Å². The lowest BCUT2D eigenvalue weighted by Crippen LogP contribution is -2.71. The number of thioether (sulfide) groups is 1. The molecule has 57 heavy (non-hydrogen) atoms. The first-order valence-corrected chi connectivity index (χ1v) is 14.5. The number of ether oxygens (including phenoxy) is 4. The van der Waals surface area contributed by atoms with E-state index >= 15 is 0 Å². The van der Waals surface area contributed by atoms with Crippen molar-refractivity contribution in [1.29, 1.82) is 0 Å². The number of carboxylic acid groups (broad SMARTS) is 1. The van der Waals surface area contributed by atoms with Crippen LogP contribution in [0.1, 0.15) is 0 Å². The molecule has 0 fully saturated rings. The minimum absolute atomic E-state index is 0.160. The van der Waals surface area contributed by atoms with Crippen LogP contribution in [0.25, 0.3) is 0 Å². The smallest absolute Gasteiger partial charge is 0.435 e. The molecule has 0 aliphatic rings. The van der Waals surface area contributed by atoms with E-state index in [1.165, 1.54) is 0 Å². The Bertz CT molecular complexity index is 1070. The zero-order valence-corrected chi connectivity index (χ0v) is 27.0. The van der Waals surface area contributed by atoms with Crippen LogP contribution in [0.4, 0.5) is 119 Å². The Balaban J connectivity index is 8.24. The molecule has 0 unspecified atom stereocenters. The molecule has 0 heterocycles. The summed E-state index contributed by atoms with van der Waals surface area (Å²) in [7, 11) is 0. The molecule has 0 aromatic carbocycles. The lowest BCUT2D eigenvalue weighted by molar-refractivity contribution is -0.474. The van der Waals surface area contributed by atoms with Gasteiger partial charge < -0.3 is 29.8 Å². The first-order chi connectivity index (χ1) is 24.7. The van der Waals surface area contributed by atoms with Crippen molar-refractivity contribution < 1.29 is 147 Å². The molecule has 0 rings (SSSR count). The van der Waals surface area contributed by atoms with Crippen LogP contribution in [0.3, 0.4) is 0 Å². The molecule has 3 N–H and O–H groups in total. The van der Waals surface area contributed by atoms with E-state index in [0.29, 0.717) is 0 Å². The monoisotopic (exact) mass is 937 g/mol. The van der Waals surface area contributed by atoms with Gasteiger partial charge >= 0.3 is 78.4 Å². The number of hydrogen-bond acceptors (Lipinski definition) is 7. The molecule has 0 radical (unpaired) electrons. The number of rotatable bonds is 17. The molecular formula is C22H18F27NO6S. The van der Waals surface area contributed by atoms with E-state index in [1.54, 1.807) is 0 Å². The summed E-state index contributed by atoms with van der Waals surface area (Å²) in [5.41, 5.74) is -24.0. The van der Waals surface area contributed by atoms with E-state index in [4.69, 9.17) is 10.8 Å². The summed E-state index contributed by atoms with van der Waals surface area (Å²) in [6.07, 6.45) is -72.6. The molecule has 7 nitrogen and oxygen atoms in total. The average molecular weight is 937 g/mol. The molecular weight excluding hydrogens is 919 g/mol. The lowest BCUT2D eigenvalue weighted by Gasteiger charge is -2.45. The van der Waals surface area contributed by atoms with Crippen LogP contribution in [0.5, 0.6) is 0 Å². The van der Waals surface area contributed by atoms with Gasteiger partial charge in [-0.2, -0.15) is 130 Å². The molecule has 0 saturated heterocycles. The summed E-state index contributed by atoms with van der Waals surface area (Å²) < 4.78 is 378. The molecule has 0 saturated carbocycles. The van der Waals surface area contributed by atoms with Gasteiger partial charge in [0, 0.05) is 11.5 Å². The Labute approximate surface area is 300 Å².